The molecule has 0 fully saturated rings. The molecule has 0 saturated heterocycles. The molecule has 0 spiro atoms. The van der Waals surface area contributed by atoms with Crippen molar-refractivity contribution >= 4 is 21.0 Å². The minimum Gasteiger partial charge on any atom is -0.376 e. The topological polar surface area (TPSA) is 56.3 Å². The van der Waals surface area contributed by atoms with Gasteiger partial charge in [-0.15, -0.1) is 6.58 Å². The van der Waals surface area contributed by atoms with Gasteiger partial charge in [-0.1, -0.05) is 75.9 Å². The molecular formula is C29H34F3NO3S. The largest absolute Gasteiger partial charge is 0.534 e. The van der Waals surface area contributed by atoms with Crippen LogP contribution in [0.1, 0.15) is 69.1 Å². The first-order valence-corrected chi connectivity index (χ1v) is 14.2. The molecule has 1 heterocycles. The lowest BCUT2D eigenvalue weighted by Crippen LogP contribution is -2.28. The van der Waals surface area contributed by atoms with Crippen molar-refractivity contribution in [2.24, 2.45) is 0 Å². The Morgan fingerprint density at radius 1 is 0.973 bits per heavy atom. The van der Waals surface area contributed by atoms with E-state index in [4.69, 9.17) is 9.17 Å². The second-order valence-electron chi connectivity index (χ2n) is 9.15. The molecule has 0 aliphatic heterocycles. The van der Waals surface area contributed by atoms with Crippen LogP contribution in [-0.2, 0) is 29.4 Å². The van der Waals surface area contributed by atoms with Crippen LogP contribution in [0.25, 0.3) is 22.0 Å². The van der Waals surface area contributed by atoms with Gasteiger partial charge in [-0.05, 0) is 60.4 Å². The van der Waals surface area contributed by atoms with Gasteiger partial charge < -0.3 is 4.18 Å². The Bertz CT molecular complexity index is 1320. The van der Waals surface area contributed by atoms with Crippen molar-refractivity contribution in [3.05, 3.63) is 71.9 Å². The Kier molecular flexibility index (Phi) is 9.76. The molecule has 8 heteroatoms. The molecule has 37 heavy (non-hydrogen) atoms. The molecule has 0 atom stereocenters. The Labute approximate surface area is 217 Å². The number of halogens is 3. The van der Waals surface area contributed by atoms with Crippen molar-refractivity contribution in [2.45, 2.75) is 77.1 Å². The molecule has 0 N–H and O–H groups in total. The third kappa shape index (κ3) is 6.72. The van der Waals surface area contributed by atoms with Crippen LogP contribution in [0, 0.1) is 0 Å². The summed E-state index contributed by atoms with van der Waals surface area (Å²) >= 11 is 0. The smallest absolute Gasteiger partial charge is 0.376 e. The fourth-order valence-electron chi connectivity index (χ4n) is 4.55. The SMILES string of the molecule is C=CCc1cnc2c(CCCCCC)c(OS(=O)(=O)C(F)(F)F)cc(CCCC)c2c1-c1ccccc1. The summed E-state index contributed by atoms with van der Waals surface area (Å²) in [5, 5.41) is 0.834. The molecule has 200 valence electrons. The number of benzene rings is 2. The number of rotatable bonds is 13. The first kappa shape index (κ1) is 28.7. The van der Waals surface area contributed by atoms with E-state index in [-0.39, 0.29) is 5.75 Å². The highest BCUT2D eigenvalue weighted by Crippen LogP contribution is 2.41. The average molecular weight is 534 g/mol. The van der Waals surface area contributed by atoms with Gasteiger partial charge in [0.05, 0.1) is 5.52 Å². The van der Waals surface area contributed by atoms with E-state index in [2.05, 4.69) is 13.5 Å². The molecule has 0 saturated carbocycles. The number of aryl methyl sites for hydroxylation is 2. The number of allylic oxidation sites excluding steroid dienone is 1. The average Bonchev–Trinajstić information content (AvgIpc) is 2.86. The van der Waals surface area contributed by atoms with Crippen LogP contribution in [0.4, 0.5) is 13.2 Å². The highest BCUT2D eigenvalue weighted by Gasteiger charge is 2.49. The number of aromatic nitrogens is 1. The predicted molar refractivity (Wildman–Crippen MR) is 143 cm³/mol. The van der Waals surface area contributed by atoms with Gasteiger partial charge in [0.25, 0.3) is 0 Å². The Balaban J connectivity index is 2.38. The summed E-state index contributed by atoms with van der Waals surface area (Å²) in [4.78, 5) is 4.70. The molecule has 1 aromatic heterocycles. The van der Waals surface area contributed by atoms with Gasteiger partial charge in [0.15, 0.2) is 0 Å². The maximum Gasteiger partial charge on any atom is 0.534 e. The number of unbranched alkanes of at least 4 members (excludes halogenated alkanes) is 4. The van der Waals surface area contributed by atoms with Crippen molar-refractivity contribution in [2.75, 3.05) is 0 Å². The van der Waals surface area contributed by atoms with Crippen LogP contribution in [0.2, 0.25) is 0 Å². The monoisotopic (exact) mass is 533 g/mol. The van der Waals surface area contributed by atoms with Crippen LogP contribution in [-0.4, -0.2) is 18.9 Å². The fourth-order valence-corrected chi connectivity index (χ4v) is 5.02. The number of hydrogen-bond donors (Lipinski definition) is 0. The van der Waals surface area contributed by atoms with Gasteiger partial charge in [-0.25, -0.2) is 0 Å². The summed E-state index contributed by atoms with van der Waals surface area (Å²) in [5.41, 5.74) is -1.08. The first-order chi connectivity index (χ1) is 17.6. The van der Waals surface area contributed by atoms with E-state index in [1.54, 1.807) is 12.3 Å². The zero-order chi connectivity index (χ0) is 27.1. The van der Waals surface area contributed by atoms with Crippen molar-refractivity contribution in [3.8, 4) is 16.9 Å². The summed E-state index contributed by atoms with van der Waals surface area (Å²) in [5.74, 6) is -0.282. The predicted octanol–water partition coefficient (Wildman–Crippen LogP) is 8.32. The van der Waals surface area contributed by atoms with E-state index in [0.29, 0.717) is 36.8 Å². The standard InChI is InChI=1S/C29H34F3NO3S/c1-4-7-9-13-18-24-25(36-37(34,35)29(30,31)32)19-22(15-8-5-2)27-26(21-16-11-10-12-17-21)23(14-6-3)20-33-28(24)27/h6,10-12,16-17,19-20H,3-5,7-9,13-15,18H2,1-2H3. The Morgan fingerprint density at radius 3 is 2.30 bits per heavy atom. The Hall–Kier alpha value is -2.87. The highest BCUT2D eigenvalue weighted by atomic mass is 32.2. The third-order valence-electron chi connectivity index (χ3n) is 6.36. The molecule has 0 unspecified atom stereocenters. The summed E-state index contributed by atoms with van der Waals surface area (Å²) in [6.07, 6.45) is 10.1. The molecule has 3 rings (SSSR count). The van der Waals surface area contributed by atoms with E-state index in [1.807, 2.05) is 37.3 Å². The minimum absolute atomic E-state index is 0.282. The highest BCUT2D eigenvalue weighted by molar-refractivity contribution is 7.88. The number of fused-ring (bicyclic) bond motifs is 1. The van der Waals surface area contributed by atoms with Crippen molar-refractivity contribution < 1.29 is 25.8 Å². The van der Waals surface area contributed by atoms with Crippen LogP contribution in [0.3, 0.4) is 0 Å². The van der Waals surface area contributed by atoms with Gasteiger partial charge >= 0.3 is 15.6 Å². The first-order valence-electron chi connectivity index (χ1n) is 12.8. The molecule has 2 aromatic carbocycles. The molecule has 0 aliphatic rings. The number of pyridine rings is 1. The van der Waals surface area contributed by atoms with Gasteiger partial charge in [0.2, 0.25) is 0 Å². The normalized spacial score (nSPS) is 12.1. The summed E-state index contributed by atoms with van der Waals surface area (Å²) < 4.78 is 68.8. The molecule has 3 aromatic rings. The minimum atomic E-state index is -5.83. The quantitative estimate of drug-likeness (QED) is 0.0959. The van der Waals surface area contributed by atoms with Gasteiger partial charge in [0.1, 0.15) is 5.75 Å². The van der Waals surface area contributed by atoms with E-state index < -0.39 is 15.6 Å². The van der Waals surface area contributed by atoms with Crippen LogP contribution >= 0.6 is 0 Å². The summed E-state index contributed by atoms with van der Waals surface area (Å²) in [6, 6.07) is 11.3. The van der Waals surface area contributed by atoms with Crippen molar-refractivity contribution in [1.29, 1.82) is 0 Å². The van der Waals surface area contributed by atoms with E-state index in [1.165, 1.54) is 6.07 Å². The molecule has 0 radical (unpaired) electrons. The van der Waals surface area contributed by atoms with Crippen LogP contribution < -0.4 is 4.18 Å². The van der Waals surface area contributed by atoms with Gasteiger partial charge in [-0.2, -0.15) is 21.6 Å². The van der Waals surface area contributed by atoms with Crippen LogP contribution in [0.15, 0.2) is 55.3 Å². The van der Waals surface area contributed by atoms with Gasteiger partial charge in [0, 0.05) is 17.1 Å². The molecule has 0 aliphatic carbocycles. The maximum absolute atomic E-state index is 13.3. The van der Waals surface area contributed by atoms with E-state index in [9.17, 15) is 21.6 Å². The zero-order valence-corrected chi connectivity index (χ0v) is 22.2. The summed E-state index contributed by atoms with van der Waals surface area (Å²) in [6.45, 7) is 7.96. The number of alkyl halides is 3. The summed E-state index contributed by atoms with van der Waals surface area (Å²) in [7, 11) is -5.83. The molecule has 0 amide bonds. The molecule has 0 bridgehead atoms. The maximum atomic E-state index is 13.3. The molecule has 4 nitrogen and oxygen atoms in total. The zero-order valence-electron chi connectivity index (χ0n) is 21.4. The van der Waals surface area contributed by atoms with Crippen molar-refractivity contribution in [3.63, 3.8) is 0 Å². The number of nitrogens with zero attached hydrogens (tertiary/aromatic N) is 1. The lowest BCUT2D eigenvalue weighted by atomic mass is 9.88. The van der Waals surface area contributed by atoms with E-state index >= 15 is 0 Å². The lowest BCUT2D eigenvalue weighted by molar-refractivity contribution is -0.0500. The fraction of sp³-hybridized carbons (Fsp3) is 0.414. The second kappa shape index (κ2) is 12.6. The van der Waals surface area contributed by atoms with Crippen molar-refractivity contribution in [1.82, 2.24) is 4.98 Å². The molecular weight excluding hydrogens is 499 g/mol. The second-order valence-corrected chi connectivity index (χ2v) is 10.7. The Morgan fingerprint density at radius 2 is 1.68 bits per heavy atom. The van der Waals surface area contributed by atoms with E-state index in [0.717, 1.165) is 59.7 Å². The third-order valence-corrected chi connectivity index (χ3v) is 7.32. The number of hydrogen-bond acceptors (Lipinski definition) is 4. The van der Waals surface area contributed by atoms with Crippen LogP contribution in [0.5, 0.6) is 5.75 Å². The lowest BCUT2D eigenvalue weighted by Gasteiger charge is -2.21. The van der Waals surface area contributed by atoms with Gasteiger partial charge in [-0.3, -0.25) is 4.98 Å².